The van der Waals surface area contributed by atoms with E-state index in [4.69, 9.17) is 10.5 Å². The molecule has 0 bridgehead atoms. The number of nitrogens with zero attached hydrogens (tertiary/aromatic N) is 1. The summed E-state index contributed by atoms with van der Waals surface area (Å²) in [5.41, 5.74) is 5.19. The van der Waals surface area contributed by atoms with Gasteiger partial charge in [-0.2, -0.15) is 0 Å². The molecule has 0 saturated carbocycles. The van der Waals surface area contributed by atoms with Gasteiger partial charge >= 0.3 is 12.0 Å². The highest BCUT2D eigenvalue weighted by atomic mass is 32.2. The molecule has 26 heavy (non-hydrogen) atoms. The van der Waals surface area contributed by atoms with Crippen LogP contribution >= 0.6 is 11.8 Å². The number of esters is 1. The van der Waals surface area contributed by atoms with E-state index in [0.29, 0.717) is 5.03 Å². The van der Waals surface area contributed by atoms with Crippen molar-refractivity contribution in [3.63, 3.8) is 0 Å². The number of aromatic nitrogens is 1. The van der Waals surface area contributed by atoms with Crippen molar-refractivity contribution < 1.29 is 19.1 Å². The van der Waals surface area contributed by atoms with Gasteiger partial charge in [-0.05, 0) is 30.2 Å². The van der Waals surface area contributed by atoms with Crippen LogP contribution in [0.5, 0.6) is 0 Å². The largest absolute Gasteiger partial charge is 0.448 e. The average molecular weight is 373 g/mol. The molecule has 1 heterocycles. The van der Waals surface area contributed by atoms with Crippen molar-refractivity contribution in [2.75, 3.05) is 0 Å². The first-order valence-corrected chi connectivity index (χ1v) is 8.69. The van der Waals surface area contributed by atoms with Gasteiger partial charge in [0.1, 0.15) is 5.03 Å². The zero-order valence-corrected chi connectivity index (χ0v) is 15.2. The van der Waals surface area contributed by atoms with Crippen molar-refractivity contribution in [3.05, 3.63) is 54.2 Å². The van der Waals surface area contributed by atoms with E-state index in [2.05, 4.69) is 4.98 Å². The highest BCUT2D eigenvalue weighted by Gasteiger charge is 2.29. The van der Waals surface area contributed by atoms with E-state index in [1.165, 1.54) is 11.8 Å². The van der Waals surface area contributed by atoms with Gasteiger partial charge in [0.2, 0.25) is 0 Å². The fraction of sp³-hybridized carbons (Fsp3) is 0.222. The molecule has 0 aliphatic rings. The first-order chi connectivity index (χ1) is 12.4. The molecule has 1 aromatic heterocycles. The summed E-state index contributed by atoms with van der Waals surface area (Å²) < 4.78 is 5.33. The number of benzene rings is 1. The van der Waals surface area contributed by atoms with Crippen molar-refractivity contribution in [1.29, 1.82) is 0 Å². The molecule has 0 aliphatic heterocycles. The number of hydrogen-bond acceptors (Lipinski definition) is 6. The van der Waals surface area contributed by atoms with Crippen LogP contribution in [-0.4, -0.2) is 29.0 Å². The molecule has 0 aliphatic carbocycles. The van der Waals surface area contributed by atoms with E-state index < -0.39 is 24.0 Å². The Bertz CT molecular complexity index is 796. The van der Waals surface area contributed by atoms with Crippen molar-refractivity contribution in [1.82, 2.24) is 10.3 Å². The maximum absolute atomic E-state index is 12.6. The topological polar surface area (TPSA) is 111 Å². The number of amides is 3. The average Bonchev–Trinajstić information content (AvgIpc) is 2.60. The minimum Gasteiger partial charge on any atom is -0.448 e. The summed E-state index contributed by atoms with van der Waals surface area (Å²) in [6.45, 7) is 3.39. The number of nitrogens with one attached hydrogen (secondary N) is 1. The SMILES string of the molecule is CC(C)[C@H](OC(=O)c1cccnc1Sc1ccccc1)C(=O)NC(N)=O. The monoisotopic (exact) mass is 373 g/mol. The number of imide groups is 1. The predicted molar refractivity (Wildman–Crippen MR) is 96.6 cm³/mol. The highest BCUT2D eigenvalue weighted by molar-refractivity contribution is 7.99. The normalized spacial score (nSPS) is 11.7. The second-order valence-corrected chi connectivity index (χ2v) is 6.76. The number of urea groups is 1. The van der Waals surface area contributed by atoms with Gasteiger partial charge in [-0.3, -0.25) is 10.1 Å². The number of carbonyl (C=O) groups excluding carboxylic acids is 3. The van der Waals surface area contributed by atoms with Crippen LogP contribution in [0.3, 0.4) is 0 Å². The van der Waals surface area contributed by atoms with Crippen LogP contribution in [0.2, 0.25) is 0 Å². The summed E-state index contributed by atoms with van der Waals surface area (Å²) in [6.07, 6.45) is 0.423. The lowest BCUT2D eigenvalue weighted by Gasteiger charge is -2.20. The van der Waals surface area contributed by atoms with Gasteiger partial charge in [-0.1, -0.05) is 43.8 Å². The summed E-state index contributed by atoms with van der Waals surface area (Å²) >= 11 is 1.31. The molecule has 136 valence electrons. The number of rotatable bonds is 6. The van der Waals surface area contributed by atoms with E-state index in [1.54, 1.807) is 32.2 Å². The van der Waals surface area contributed by atoms with E-state index in [0.717, 1.165) is 4.90 Å². The Balaban J connectivity index is 2.20. The summed E-state index contributed by atoms with van der Waals surface area (Å²) in [4.78, 5) is 40.6. The Morgan fingerprint density at radius 2 is 1.81 bits per heavy atom. The maximum atomic E-state index is 12.6. The maximum Gasteiger partial charge on any atom is 0.341 e. The van der Waals surface area contributed by atoms with Crippen LogP contribution in [0.15, 0.2) is 58.6 Å². The summed E-state index contributed by atoms with van der Waals surface area (Å²) in [5.74, 6) is -1.81. The molecule has 1 atom stereocenters. The Labute approximate surface area is 155 Å². The summed E-state index contributed by atoms with van der Waals surface area (Å²) in [7, 11) is 0. The second-order valence-electron chi connectivity index (χ2n) is 5.69. The quantitative estimate of drug-likeness (QED) is 0.753. The van der Waals surface area contributed by atoms with Gasteiger partial charge in [0.05, 0.1) is 5.56 Å². The van der Waals surface area contributed by atoms with Crippen molar-refractivity contribution in [3.8, 4) is 0 Å². The van der Waals surface area contributed by atoms with Crippen molar-refractivity contribution in [2.45, 2.75) is 29.9 Å². The molecule has 1 aromatic carbocycles. The zero-order valence-electron chi connectivity index (χ0n) is 14.3. The summed E-state index contributed by atoms with van der Waals surface area (Å²) in [6, 6.07) is 11.6. The minimum atomic E-state index is -1.15. The Kier molecular flexibility index (Phi) is 6.74. The molecular weight excluding hydrogens is 354 g/mol. The fourth-order valence-corrected chi connectivity index (χ4v) is 2.98. The van der Waals surface area contributed by atoms with Gasteiger partial charge in [0, 0.05) is 11.1 Å². The smallest absolute Gasteiger partial charge is 0.341 e. The number of ether oxygens (including phenoxy) is 1. The first-order valence-electron chi connectivity index (χ1n) is 7.87. The van der Waals surface area contributed by atoms with Crippen LogP contribution < -0.4 is 11.1 Å². The highest BCUT2D eigenvalue weighted by Crippen LogP contribution is 2.29. The third-order valence-electron chi connectivity index (χ3n) is 3.29. The lowest BCUT2D eigenvalue weighted by molar-refractivity contribution is -0.130. The number of primary amides is 1. The molecule has 0 fully saturated rings. The molecule has 8 heteroatoms. The second kappa shape index (κ2) is 9.00. The van der Waals surface area contributed by atoms with E-state index >= 15 is 0 Å². The molecular formula is C18H19N3O4S. The molecule has 2 rings (SSSR count). The Morgan fingerprint density at radius 1 is 1.12 bits per heavy atom. The standard InChI is InChI=1S/C18H19N3O4S/c1-11(2)14(15(22)21-18(19)24)25-17(23)13-9-6-10-20-16(13)26-12-7-4-3-5-8-12/h3-11,14H,1-2H3,(H3,19,21,22,24)/t14-/m0/s1. The molecule has 2 aromatic rings. The molecule has 0 spiro atoms. The van der Waals surface area contributed by atoms with Crippen LogP contribution in [-0.2, 0) is 9.53 Å². The Morgan fingerprint density at radius 3 is 2.42 bits per heavy atom. The van der Waals surface area contributed by atoms with Gasteiger partial charge < -0.3 is 10.5 Å². The molecule has 3 amide bonds. The minimum absolute atomic E-state index is 0.235. The molecule has 0 unspecified atom stereocenters. The van der Waals surface area contributed by atoms with Gasteiger partial charge in [-0.15, -0.1) is 0 Å². The fourth-order valence-electron chi connectivity index (χ4n) is 2.09. The van der Waals surface area contributed by atoms with E-state index in [9.17, 15) is 14.4 Å². The van der Waals surface area contributed by atoms with Gasteiger partial charge in [0.25, 0.3) is 5.91 Å². The van der Waals surface area contributed by atoms with E-state index in [1.807, 2.05) is 35.6 Å². The van der Waals surface area contributed by atoms with Crippen LogP contribution in [0, 0.1) is 5.92 Å². The third kappa shape index (κ3) is 5.32. The summed E-state index contributed by atoms with van der Waals surface area (Å²) in [5, 5.41) is 2.40. The predicted octanol–water partition coefficient (Wildman–Crippen LogP) is 2.61. The van der Waals surface area contributed by atoms with Crippen LogP contribution in [0.25, 0.3) is 0 Å². The third-order valence-corrected chi connectivity index (χ3v) is 4.32. The number of nitrogens with two attached hydrogens (primary N) is 1. The molecule has 7 nitrogen and oxygen atoms in total. The first kappa shape index (κ1) is 19.5. The van der Waals surface area contributed by atoms with E-state index in [-0.39, 0.29) is 11.5 Å². The lowest BCUT2D eigenvalue weighted by Crippen LogP contribution is -2.45. The molecule has 3 N–H and O–H groups in total. The number of hydrogen-bond donors (Lipinski definition) is 2. The zero-order chi connectivity index (χ0) is 19.1. The number of pyridine rings is 1. The van der Waals surface area contributed by atoms with Gasteiger partial charge in [-0.25, -0.2) is 14.6 Å². The Hall–Kier alpha value is -2.87. The van der Waals surface area contributed by atoms with Gasteiger partial charge in [0.15, 0.2) is 6.10 Å². The van der Waals surface area contributed by atoms with Crippen LogP contribution in [0.1, 0.15) is 24.2 Å². The van der Waals surface area contributed by atoms with Crippen molar-refractivity contribution >= 4 is 29.7 Å². The van der Waals surface area contributed by atoms with Crippen LogP contribution in [0.4, 0.5) is 4.79 Å². The molecule has 0 radical (unpaired) electrons. The lowest BCUT2D eigenvalue weighted by atomic mass is 10.1. The van der Waals surface area contributed by atoms with Crippen molar-refractivity contribution in [2.24, 2.45) is 11.7 Å². The number of carbonyl (C=O) groups is 3. The molecule has 0 saturated heterocycles.